The van der Waals surface area contributed by atoms with Gasteiger partial charge in [-0.15, -0.1) is 0 Å². The van der Waals surface area contributed by atoms with Gasteiger partial charge in [-0.25, -0.2) is 12.8 Å². The van der Waals surface area contributed by atoms with Crippen LogP contribution in [0, 0.1) is 26.6 Å². The molecule has 1 N–H and O–H groups in total. The molecule has 2 amide bonds. The molecular formula is C34H36FN3O4S. The minimum Gasteiger partial charge on any atom is -0.357 e. The minimum atomic E-state index is -4.19. The van der Waals surface area contributed by atoms with Gasteiger partial charge in [0.25, 0.3) is 10.0 Å². The number of nitrogens with zero attached hydrogens (tertiary/aromatic N) is 2. The third kappa shape index (κ3) is 7.87. The topological polar surface area (TPSA) is 86.8 Å². The Morgan fingerprint density at radius 1 is 0.791 bits per heavy atom. The fourth-order valence-corrected chi connectivity index (χ4v) is 6.37. The van der Waals surface area contributed by atoms with Crippen LogP contribution in [0.3, 0.4) is 0 Å². The highest BCUT2D eigenvalue weighted by atomic mass is 32.2. The zero-order chi connectivity index (χ0) is 31.1. The monoisotopic (exact) mass is 601 g/mol. The molecule has 0 saturated carbocycles. The maximum absolute atomic E-state index is 14.3. The summed E-state index contributed by atoms with van der Waals surface area (Å²) in [4.78, 5) is 29.0. The van der Waals surface area contributed by atoms with Crippen LogP contribution in [0.25, 0.3) is 0 Å². The number of nitrogens with one attached hydrogen (secondary N) is 1. The van der Waals surface area contributed by atoms with E-state index in [9.17, 15) is 22.4 Å². The fraction of sp³-hybridized carbons (Fsp3) is 0.235. The van der Waals surface area contributed by atoms with E-state index in [1.807, 2.05) is 57.2 Å². The zero-order valence-electron chi connectivity index (χ0n) is 24.7. The predicted octanol–water partition coefficient (Wildman–Crippen LogP) is 5.33. The summed E-state index contributed by atoms with van der Waals surface area (Å²) in [5.41, 5.74) is 4.33. The van der Waals surface area contributed by atoms with E-state index in [-0.39, 0.29) is 17.9 Å². The SMILES string of the molecule is CNC(=O)[C@@H](Cc1ccccc1)N(Cc1ccc(F)cc1)C(=O)CN(c1cc(C)cc(C)c1)S(=O)(=O)c1ccc(C)cc1. The highest BCUT2D eigenvalue weighted by Gasteiger charge is 2.34. The van der Waals surface area contributed by atoms with Crippen molar-refractivity contribution in [2.45, 2.75) is 44.7 Å². The van der Waals surface area contributed by atoms with E-state index in [0.29, 0.717) is 11.3 Å². The number of likely N-dealkylation sites (N-methyl/N-ethyl adjacent to an activating group) is 1. The first-order chi connectivity index (χ1) is 20.5. The number of hydrogen-bond donors (Lipinski definition) is 1. The maximum atomic E-state index is 14.3. The average Bonchev–Trinajstić information content (AvgIpc) is 2.98. The largest absolute Gasteiger partial charge is 0.357 e. The van der Waals surface area contributed by atoms with E-state index in [1.165, 1.54) is 36.2 Å². The van der Waals surface area contributed by atoms with Gasteiger partial charge in [-0.2, -0.15) is 0 Å². The van der Waals surface area contributed by atoms with Gasteiger partial charge in [0.15, 0.2) is 0 Å². The first-order valence-electron chi connectivity index (χ1n) is 13.9. The van der Waals surface area contributed by atoms with Crippen molar-refractivity contribution in [2.24, 2.45) is 0 Å². The molecule has 0 aliphatic rings. The molecule has 0 unspecified atom stereocenters. The van der Waals surface area contributed by atoms with Crippen LogP contribution in [0.4, 0.5) is 10.1 Å². The third-order valence-corrected chi connectivity index (χ3v) is 8.95. The molecule has 7 nitrogen and oxygen atoms in total. The molecule has 0 spiro atoms. The maximum Gasteiger partial charge on any atom is 0.264 e. The molecule has 0 aromatic heterocycles. The molecule has 224 valence electrons. The van der Waals surface area contributed by atoms with Crippen molar-refractivity contribution < 1.29 is 22.4 Å². The summed E-state index contributed by atoms with van der Waals surface area (Å²) in [6.45, 7) is 4.99. The lowest BCUT2D eigenvalue weighted by molar-refractivity contribution is -0.139. The lowest BCUT2D eigenvalue weighted by Crippen LogP contribution is -2.53. The van der Waals surface area contributed by atoms with Crippen LogP contribution in [0.5, 0.6) is 0 Å². The Morgan fingerprint density at radius 3 is 1.98 bits per heavy atom. The minimum absolute atomic E-state index is 0.0324. The van der Waals surface area contributed by atoms with Crippen molar-refractivity contribution in [3.63, 3.8) is 0 Å². The number of rotatable bonds is 11. The second-order valence-electron chi connectivity index (χ2n) is 10.6. The van der Waals surface area contributed by atoms with Crippen molar-refractivity contribution in [3.05, 3.63) is 131 Å². The molecule has 1 atom stereocenters. The number of aryl methyl sites for hydroxylation is 3. The van der Waals surface area contributed by atoms with Crippen LogP contribution < -0.4 is 9.62 Å². The number of sulfonamides is 1. The summed E-state index contributed by atoms with van der Waals surface area (Å²) in [5, 5.41) is 2.65. The second kappa shape index (κ2) is 13.6. The number of halogens is 1. The van der Waals surface area contributed by atoms with Gasteiger partial charge < -0.3 is 10.2 Å². The molecule has 0 heterocycles. The van der Waals surface area contributed by atoms with E-state index in [2.05, 4.69) is 5.32 Å². The molecule has 0 aliphatic heterocycles. The Balaban J connectivity index is 1.80. The van der Waals surface area contributed by atoms with Crippen LogP contribution in [-0.2, 0) is 32.6 Å². The molecular weight excluding hydrogens is 565 g/mol. The summed E-state index contributed by atoms with van der Waals surface area (Å²) in [6, 6.07) is 25.8. The molecule has 0 saturated heterocycles. The van der Waals surface area contributed by atoms with E-state index >= 15 is 0 Å². The van der Waals surface area contributed by atoms with Crippen molar-refractivity contribution in [1.82, 2.24) is 10.2 Å². The van der Waals surface area contributed by atoms with Gasteiger partial charge in [0, 0.05) is 20.0 Å². The normalized spacial score (nSPS) is 11.9. The summed E-state index contributed by atoms with van der Waals surface area (Å²) >= 11 is 0. The lowest BCUT2D eigenvalue weighted by Gasteiger charge is -2.33. The first kappa shape index (κ1) is 31.4. The molecule has 0 aliphatic carbocycles. The Labute approximate surface area is 253 Å². The molecule has 4 aromatic rings. The number of hydrogen-bond acceptors (Lipinski definition) is 4. The van der Waals surface area contributed by atoms with Crippen LogP contribution in [0.2, 0.25) is 0 Å². The summed E-state index contributed by atoms with van der Waals surface area (Å²) < 4.78 is 43.0. The van der Waals surface area contributed by atoms with Crippen LogP contribution >= 0.6 is 0 Å². The van der Waals surface area contributed by atoms with Gasteiger partial charge in [0.2, 0.25) is 11.8 Å². The quantitative estimate of drug-likeness (QED) is 0.252. The van der Waals surface area contributed by atoms with E-state index in [1.54, 1.807) is 36.4 Å². The van der Waals surface area contributed by atoms with Gasteiger partial charge in [-0.05, 0) is 79.4 Å². The molecule has 4 rings (SSSR count). The Morgan fingerprint density at radius 2 is 1.40 bits per heavy atom. The number of amides is 2. The smallest absolute Gasteiger partial charge is 0.264 e. The number of benzene rings is 4. The summed E-state index contributed by atoms with van der Waals surface area (Å²) in [5.74, 6) is -1.42. The van der Waals surface area contributed by atoms with Gasteiger partial charge in [-0.3, -0.25) is 13.9 Å². The molecule has 0 radical (unpaired) electrons. The van der Waals surface area contributed by atoms with Gasteiger partial charge in [0.05, 0.1) is 10.6 Å². The summed E-state index contributed by atoms with van der Waals surface area (Å²) in [6.07, 6.45) is 0.196. The van der Waals surface area contributed by atoms with Crippen molar-refractivity contribution in [1.29, 1.82) is 0 Å². The predicted molar refractivity (Wildman–Crippen MR) is 167 cm³/mol. The molecule has 4 aromatic carbocycles. The first-order valence-corrected chi connectivity index (χ1v) is 15.4. The standard InChI is InChI=1S/C34H36FN3O4S/c1-24-10-16-31(17-11-24)43(41,42)38(30-19-25(2)18-26(3)20-30)23-33(39)37(22-28-12-14-29(35)15-13-28)32(34(40)36-4)21-27-8-6-5-7-9-27/h5-20,32H,21-23H2,1-4H3,(H,36,40)/t32-/m1/s1. The van der Waals surface area contributed by atoms with Crippen LogP contribution in [-0.4, -0.2) is 44.8 Å². The second-order valence-corrected chi connectivity index (χ2v) is 12.5. The van der Waals surface area contributed by atoms with Gasteiger partial charge in [0.1, 0.15) is 18.4 Å². The number of carbonyl (C=O) groups is 2. The Hall–Kier alpha value is -4.50. The number of anilines is 1. The zero-order valence-corrected chi connectivity index (χ0v) is 25.6. The summed E-state index contributed by atoms with van der Waals surface area (Å²) in [7, 11) is -2.70. The van der Waals surface area contributed by atoms with Crippen molar-refractivity contribution in [3.8, 4) is 0 Å². The number of carbonyl (C=O) groups excluding carboxylic acids is 2. The molecule has 0 fully saturated rings. The van der Waals surface area contributed by atoms with Crippen LogP contribution in [0.15, 0.2) is 102 Å². The van der Waals surface area contributed by atoms with Gasteiger partial charge >= 0.3 is 0 Å². The molecule has 9 heteroatoms. The Kier molecular flexibility index (Phi) is 9.98. The fourth-order valence-electron chi connectivity index (χ4n) is 4.97. The average molecular weight is 602 g/mol. The molecule has 43 heavy (non-hydrogen) atoms. The highest BCUT2D eigenvalue weighted by molar-refractivity contribution is 7.92. The van der Waals surface area contributed by atoms with E-state index in [0.717, 1.165) is 26.6 Å². The van der Waals surface area contributed by atoms with Crippen LogP contribution in [0.1, 0.15) is 27.8 Å². The van der Waals surface area contributed by atoms with E-state index in [4.69, 9.17) is 0 Å². The highest BCUT2D eigenvalue weighted by Crippen LogP contribution is 2.27. The van der Waals surface area contributed by atoms with Crippen molar-refractivity contribution >= 4 is 27.5 Å². The van der Waals surface area contributed by atoms with Crippen molar-refractivity contribution in [2.75, 3.05) is 17.9 Å². The lowest BCUT2D eigenvalue weighted by atomic mass is 10.0. The van der Waals surface area contributed by atoms with Gasteiger partial charge in [-0.1, -0.05) is 66.2 Å². The van der Waals surface area contributed by atoms with E-state index < -0.39 is 40.2 Å². The third-order valence-electron chi connectivity index (χ3n) is 7.17. The molecule has 0 bridgehead atoms. The Bertz CT molecular complexity index is 1660.